The highest BCUT2D eigenvalue weighted by Crippen LogP contribution is 2.41. The van der Waals surface area contributed by atoms with Crippen molar-refractivity contribution in [1.29, 1.82) is 0 Å². The average molecular weight is 268 g/mol. The zero-order valence-corrected chi connectivity index (χ0v) is 10.4. The monoisotopic (exact) mass is 267 g/mol. The molecule has 0 saturated carbocycles. The fourth-order valence-corrected chi connectivity index (χ4v) is 3.65. The third-order valence-corrected chi connectivity index (χ3v) is 4.66. The normalized spacial score (nSPS) is 13.7. The highest BCUT2D eigenvalue weighted by Gasteiger charge is 2.20. The second-order valence-electron chi connectivity index (χ2n) is 3.31. The van der Waals surface area contributed by atoms with E-state index in [1.165, 1.54) is 11.3 Å². The van der Waals surface area contributed by atoms with E-state index in [0.29, 0.717) is 5.02 Å². The number of nitrogens with one attached hydrogen (secondary N) is 1. The summed E-state index contributed by atoms with van der Waals surface area (Å²) in [7, 11) is 0. The molecule has 2 nitrogen and oxygen atoms in total. The van der Waals surface area contributed by atoms with E-state index in [9.17, 15) is 4.79 Å². The van der Waals surface area contributed by atoms with Crippen LogP contribution >= 0.6 is 34.7 Å². The summed E-state index contributed by atoms with van der Waals surface area (Å²) in [4.78, 5) is 14.7. The van der Waals surface area contributed by atoms with Crippen LogP contribution in [0.1, 0.15) is 9.67 Å². The van der Waals surface area contributed by atoms with Crippen molar-refractivity contribution >= 4 is 46.3 Å². The number of hydrogen-bond acceptors (Lipinski definition) is 3. The maximum atomic E-state index is 11.9. The van der Waals surface area contributed by atoms with Gasteiger partial charge in [0.1, 0.15) is 4.88 Å². The van der Waals surface area contributed by atoms with Gasteiger partial charge in [0.15, 0.2) is 0 Å². The van der Waals surface area contributed by atoms with E-state index < -0.39 is 0 Å². The van der Waals surface area contributed by atoms with Crippen LogP contribution in [0.4, 0.5) is 5.69 Å². The molecule has 1 aromatic heterocycles. The van der Waals surface area contributed by atoms with Gasteiger partial charge in [0, 0.05) is 14.8 Å². The van der Waals surface area contributed by atoms with Gasteiger partial charge in [0.25, 0.3) is 5.91 Å². The summed E-state index contributed by atoms with van der Waals surface area (Å²) >= 11 is 8.95. The lowest BCUT2D eigenvalue weighted by Gasteiger charge is -2.05. The Labute approximate surface area is 106 Å². The van der Waals surface area contributed by atoms with Gasteiger partial charge in [-0.1, -0.05) is 23.4 Å². The summed E-state index contributed by atoms with van der Waals surface area (Å²) in [6, 6.07) is 7.50. The number of carbonyl (C=O) groups excluding carboxylic acids is 1. The zero-order valence-electron chi connectivity index (χ0n) is 7.99. The second-order valence-corrected chi connectivity index (χ2v) is 5.75. The minimum Gasteiger partial charge on any atom is -0.320 e. The van der Waals surface area contributed by atoms with Crippen molar-refractivity contribution in [2.45, 2.75) is 9.79 Å². The minimum absolute atomic E-state index is 0.0569. The molecule has 1 aliphatic rings. The molecule has 0 spiro atoms. The summed E-state index contributed by atoms with van der Waals surface area (Å²) in [5.74, 6) is -0.0569. The van der Waals surface area contributed by atoms with E-state index in [2.05, 4.69) is 5.32 Å². The van der Waals surface area contributed by atoms with Gasteiger partial charge in [-0.05, 0) is 29.6 Å². The van der Waals surface area contributed by atoms with Gasteiger partial charge in [-0.2, -0.15) is 0 Å². The third kappa shape index (κ3) is 1.63. The standard InChI is InChI=1S/C11H6ClNOS2/c12-6-1-2-8-7(5-6)13-11(14)10-9(16-8)3-4-15-10/h1-5H,(H,13,14). The molecule has 2 aromatic rings. The van der Waals surface area contributed by atoms with Crippen molar-refractivity contribution in [2.24, 2.45) is 0 Å². The molecule has 0 fully saturated rings. The number of amides is 1. The van der Waals surface area contributed by atoms with Gasteiger partial charge < -0.3 is 5.32 Å². The number of hydrogen-bond donors (Lipinski definition) is 1. The van der Waals surface area contributed by atoms with E-state index >= 15 is 0 Å². The van der Waals surface area contributed by atoms with Crippen LogP contribution in [0.5, 0.6) is 0 Å². The molecule has 2 heterocycles. The van der Waals surface area contributed by atoms with Gasteiger partial charge in [0.2, 0.25) is 0 Å². The molecule has 0 unspecified atom stereocenters. The van der Waals surface area contributed by atoms with Crippen LogP contribution in [0, 0.1) is 0 Å². The number of carbonyl (C=O) groups is 1. The molecule has 3 rings (SSSR count). The highest BCUT2D eigenvalue weighted by molar-refractivity contribution is 7.99. The lowest BCUT2D eigenvalue weighted by atomic mass is 10.3. The fraction of sp³-hybridized carbons (Fsp3) is 0. The van der Waals surface area contributed by atoms with Crippen LogP contribution in [0.25, 0.3) is 0 Å². The lowest BCUT2D eigenvalue weighted by molar-refractivity contribution is 0.102. The number of anilines is 1. The predicted octanol–water partition coefficient (Wildman–Crippen LogP) is 4.12. The van der Waals surface area contributed by atoms with Crippen LogP contribution in [0.3, 0.4) is 0 Å². The molecule has 16 heavy (non-hydrogen) atoms. The lowest BCUT2D eigenvalue weighted by Crippen LogP contribution is -2.09. The first-order chi connectivity index (χ1) is 7.74. The second kappa shape index (κ2) is 3.80. The quantitative estimate of drug-likeness (QED) is 0.778. The number of rotatable bonds is 0. The van der Waals surface area contributed by atoms with E-state index in [1.807, 2.05) is 23.6 Å². The Morgan fingerprint density at radius 3 is 2.94 bits per heavy atom. The SMILES string of the molecule is O=C1Nc2cc(Cl)ccc2Sc2ccsc21. The Hall–Kier alpha value is -0.970. The van der Waals surface area contributed by atoms with Crippen LogP contribution in [0.15, 0.2) is 39.4 Å². The van der Waals surface area contributed by atoms with E-state index in [0.717, 1.165) is 20.4 Å². The molecule has 0 aliphatic carbocycles. The number of fused-ring (bicyclic) bond motifs is 2. The molecule has 0 saturated heterocycles. The fourth-order valence-electron chi connectivity index (χ4n) is 1.53. The maximum Gasteiger partial charge on any atom is 0.266 e. The Morgan fingerprint density at radius 1 is 1.19 bits per heavy atom. The number of benzene rings is 1. The van der Waals surface area contributed by atoms with Gasteiger partial charge in [-0.3, -0.25) is 4.79 Å². The van der Waals surface area contributed by atoms with Gasteiger partial charge in [0.05, 0.1) is 5.69 Å². The largest absolute Gasteiger partial charge is 0.320 e. The van der Waals surface area contributed by atoms with Crippen molar-refractivity contribution in [3.05, 3.63) is 39.5 Å². The predicted molar refractivity (Wildman–Crippen MR) is 67.8 cm³/mol. The summed E-state index contributed by atoms with van der Waals surface area (Å²) < 4.78 is 0. The van der Waals surface area contributed by atoms with Crippen LogP contribution in [-0.2, 0) is 0 Å². The summed E-state index contributed by atoms with van der Waals surface area (Å²) in [5.41, 5.74) is 0.783. The smallest absolute Gasteiger partial charge is 0.266 e. The molecule has 0 atom stereocenters. The molecular formula is C11H6ClNOS2. The number of thiophene rings is 1. The van der Waals surface area contributed by atoms with Gasteiger partial charge in [-0.25, -0.2) is 0 Å². The third-order valence-electron chi connectivity index (χ3n) is 2.25. The Bertz CT molecular complexity index is 579. The van der Waals surface area contributed by atoms with Crippen molar-refractivity contribution in [3.8, 4) is 0 Å². The molecule has 1 aromatic carbocycles. The molecule has 5 heteroatoms. The van der Waals surface area contributed by atoms with Crippen LogP contribution < -0.4 is 5.32 Å². The number of halogens is 1. The molecule has 1 aliphatic heterocycles. The average Bonchev–Trinajstić information content (AvgIpc) is 2.65. The summed E-state index contributed by atoms with van der Waals surface area (Å²) in [6.07, 6.45) is 0. The summed E-state index contributed by atoms with van der Waals surface area (Å²) in [5, 5.41) is 5.43. The first-order valence-electron chi connectivity index (χ1n) is 4.60. The van der Waals surface area contributed by atoms with Crippen LogP contribution in [-0.4, -0.2) is 5.91 Å². The van der Waals surface area contributed by atoms with E-state index in [4.69, 9.17) is 11.6 Å². The van der Waals surface area contributed by atoms with Gasteiger partial charge in [-0.15, -0.1) is 11.3 Å². The topological polar surface area (TPSA) is 29.1 Å². The molecule has 1 amide bonds. The zero-order chi connectivity index (χ0) is 11.1. The van der Waals surface area contributed by atoms with Crippen molar-refractivity contribution in [1.82, 2.24) is 0 Å². The molecule has 1 N–H and O–H groups in total. The minimum atomic E-state index is -0.0569. The van der Waals surface area contributed by atoms with Gasteiger partial charge >= 0.3 is 0 Å². The molecular weight excluding hydrogens is 262 g/mol. The Balaban J connectivity index is 2.16. The molecule has 80 valence electrons. The van der Waals surface area contributed by atoms with Crippen molar-refractivity contribution in [3.63, 3.8) is 0 Å². The molecule has 0 radical (unpaired) electrons. The van der Waals surface area contributed by atoms with Crippen molar-refractivity contribution in [2.75, 3.05) is 5.32 Å². The Kier molecular flexibility index (Phi) is 2.42. The van der Waals surface area contributed by atoms with Crippen LogP contribution in [0.2, 0.25) is 5.02 Å². The van der Waals surface area contributed by atoms with E-state index in [1.54, 1.807) is 17.8 Å². The molecule has 0 bridgehead atoms. The highest BCUT2D eigenvalue weighted by atomic mass is 35.5. The van der Waals surface area contributed by atoms with Crippen molar-refractivity contribution < 1.29 is 4.79 Å². The summed E-state index contributed by atoms with van der Waals surface area (Å²) in [6.45, 7) is 0. The first-order valence-corrected chi connectivity index (χ1v) is 6.68. The first kappa shape index (κ1) is 10.2. The van der Waals surface area contributed by atoms with E-state index in [-0.39, 0.29) is 5.91 Å². The maximum absolute atomic E-state index is 11.9. The Morgan fingerprint density at radius 2 is 2.06 bits per heavy atom.